The molecule has 2 N–H and O–H groups in total. The minimum atomic E-state index is -0.745. The molecule has 0 spiro atoms. The van der Waals surface area contributed by atoms with E-state index in [1.54, 1.807) is 0 Å². The Balaban J connectivity index is 4.80. The van der Waals surface area contributed by atoms with Crippen LogP contribution in [0.25, 0.3) is 0 Å². The van der Waals surface area contributed by atoms with Crippen LogP contribution in [0.5, 0.6) is 0 Å². The minimum Gasteiger partial charge on any atom is -0.464 e. The third-order valence-electron chi connectivity index (χ3n) is 3.45. The number of hydrogen-bond donors (Lipinski definition) is 2. The number of rotatable bonds is 11. The second-order valence-electron chi connectivity index (χ2n) is 7.64. The zero-order chi connectivity index (χ0) is 20.2. The van der Waals surface area contributed by atoms with Crippen LogP contribution in [0, 0.1) is 5.41 Å². The molecule has 0 aromatic heterocycles. The van der Waals surface area contributed by atoms with Crippen LogP contribution < -0.4 is 10.6 Å². The molecule has 0 saturated carbocycles. The van der Waals surface area contributed by atoms with Gasteiger partial charge in [-0.15, -0.1) is 0 Å². The molecule has 0 fully saturated rings. The van der Waals surface area contributed by atoms with Crippen molar-refractivity contribution in [2.24, 2.45) is 5.41 Å². The molecule has 0 aromatic carbocycles. The van der Waals surface area contributed by atoms with E-state index in [4.69, 9.17) is 9.47 Å². The lowest BCUT2D eigenvalue weighted by Gasteiger charge is -2.23. The number of alkyl carbamates (subject to hydrolysis) is 1. The molecule has 2 unspecified atom stereocenters. The SMILES string of the molecule is CCCOC(=O)C(CCC)NC(=O)C(CCC)NC(=O)OCC(C)(C)C. The van der Waals surface area contributed by atoms with E-state index in [0.717, 1.165) is 12.8 Å². The zero-order valence-corrected chi connectivity index (χ0v) is 17.1. The summed E-state index contributed by atoms with van der Waals surface area (Å²) in [4.78, 5) is 36.6. The van der Waals surface area contributed by atoms with Crippen LogP contribution in [0.2, 0.25) is 0 Å². The summed E-state index contributed by atoms with van der Waals surface area (Å²) in [6.07, 6.45) is 2.47. The number of carbonyl (C=O) groups excluding carboxylic acids is 3. The maximum absolute atomic E-state index is 12.5. The molecule has 0 heterocycles. The first kappa shape index (κ1) is 24.2. The first-order valence-corrected chi connectivity index (χ1v) is 9.54. The van der Waals surface area contributed by atoms with Crippen molar-refractivity contribution < 1.29 is 23.9 Å². The van der Waals surface area contributed by atoms with Crippen molar-refractivity contribution in [2.75, 3.05) is 13.2 Å². The third-order valence-corrected chi connectivity index (χ3v) is 3.45. The Bertz CT molecular complexity index is 446. The molecule has 0 aromatic rings. The van der Waals surface area contributed by atoms with Crippen molar-refractivity contribution in [1.82, 2.24) is 10.6 Å². The van der Waals surface area contributed by atoms with Crippen LogP contribution in [-0.2, 0) is 19.1 Å². The quantitative estimate of drug-likeness (QED) is 0.543. The molecule has 0 rings (SSSR count). The van der Waals surface area contributed by atoms with Gasteiger partial charge in [0.2, 0.25) is 5.91 Å². The van der Waals surface area contributed by atoms with Gasteiger partial charge in [-0.05, 0) is 24.7 Å². The molecular formula is C19H36N2O5. The van der Waals surface area contributed by atoms with Crippen LogP contribution in [0.1, 0.15) is 73.6 Å². The molecular weight excluding hydrogens is 336 g/mol. The van der Waals surface area contributed by atoms with Crippen molar-refractivity contribution in [3.8, 4) is 0 Å². The van der Waals surface area contributed by atoms with Crippen LogP contribution in [-0.4, -0.2) is 43.3 Å². The fourth-order valence-electron chi connectivity index (χ4n) is 2.14. The van der Waals surface area contributed by atoms with Gasteiger partial charge in [0, 0.05) is 0 Å². The smallest absolute Gasteiger partial charge is 0.407 e. The molecule has 0 radical (unpaired) electrons. The third kappa shape index (κ3) is 10.9. The molecule has 0 bridgehead atoms. The number of nitrogens with one attached hydrogen (secondary N) is 2. The van der Waals surface area contributed by atoms with Gasteiger partial charge in [0.25, 0.3) is 0 Å². The van der Waals surface area contributed by atoms with Crippen LogP contribution in [0.4, 0.5) is 4.79 Å². The van der Waals surface area contributed by atoms with Gasteiger partial charge in [-0.1, -0.05) is 54.4 Å². The van der Waals surface area contributed by atoms with Gasteiger partial charge in [-0.25, -0.2) is 9.59 Å². The van der Waals surface area contributed by atoms with Gasteiger partial charge in [-0.3, -0.25) is 4.79 Å². The molecule has 7 heteroatoms. The normalized spacial score (nSPS) is 13.5. The molecule has 0 aliphatic rings. The summed E-state index contributed by atoms with van der Waals surface area (Å²) in [7, 11) is 0. The van der Waals surface area contributed by atoms with E-state index >= 15 is 0 Å². The lowest BCUT2D eigenvalue weighted by Crippen LogP contribution is -2.52. The maximum atomic E-state index is 12.5. The Morgan fingerprint density at radius 2 is 1.42 bits per heavy atom. The monoisotopic (exact) mass is 372 g/mol. The van der Waals surface area contributed by atoms with Crippen molar-refractivity contribution in [3.63, 3.8) is 0 Å². The fraction of sp³-hybridized carbons (Fsp3) is 0.842. The molecule has 7 nitrogen and oxygen atoms in total. The first-order valence-electron chi connectivity index (χ1n) is 9.54. The summed E-state index contributed by atoms with van der Waals surface area (Å²) in [5.74, 6) is -0.834. The van der Waals surface area contributed by atoms with E-state index < -0.39 is 30.1 Å². The molecule has 0 saturated heterocycles. The van der Waals surface area contributed by atoms with E-state index in [1.807, 2.05) is 41.5 Å². The number of ether oxygens (including phenoxy) is 2. The highest BCUT2D eigenvalue weighted by Crippen LogP contribution is 2.13. The first-order chi connectivity index (χ1) is 12.1. The average molecular weight is 373 g/mol. The highest BCUT2D eigenvalue weighted by atomic mass is 16.5. The number of amides is 2. The number of hydrogen-bond acceptors (Lipinski definition) is 5. The van der Waals surface area contributed by atoms with E-state index in [1.165, 1.54) is 0 Å². The van der Waals surface area contributed by atoms with Gasteiger partial charge in [0.15, 0.2) is 0 Å². The highest BCUT2D eigenvalue weighted by Gasteiger charge is 2.27. The highest BCUT2D eigenvalue weighted by molar-refractivity contribution is 5.89. The predicted molar refractivity (Wildman–Crippen MR) is 101 cm³/mol. The number of esters is 1. The van der Waals surface area contributed by atoms with E-state index in [-0.39, 0.29) is 12.0 Å². The molecule has 2 atom stereocenters. The summed E-state index contributed by atoms with van der Waals surface area (Å²) in [5.41, 5.74) is -0.158. The lowest BCUT2D eigenvalue weighted by molar-refractivity contribution is -0.148. The van der Waals surface area contributed by atoms with E-state index in [0.29, 0.717) is 25.9 Å². The van der Waals surface area contributed by atoms with E-state index in [2.05, 4.69) is 10.6 Å². The summed E-state index contributed by atoms with van der Waals surface area (Å²) < 4.78 is 10.3. The Morgan fingerprint density at radius 1 is 0.846 bits per heavy atom. The van der Waals surface area contributed by atoms with Crippen molar-refractivity contribution in [1.29, 1.82) is 0 Å². The van der Waals surface area contributed by atoms with E-state index in [9.17, 15) is 14.4 Å². The Hall–Kier alpha value is -1.79. The van der Waals surface area contributed by atoms with Crippen molar-refractivity contribution in [2.45, 2.75) is 85.7 Å². The van der Waals surface area contributed by atoms with Crippen LogP contribution in [0.3, 0.4) is 0 Å². The standard InChI is InChI=1S/C19H36N2O5/c1-7-10-14(21-18(24)26-13-19(4,5)6)16(22)20-15(11-8-2)17(23)25-12-9-3/h14-15H,7-13H2,1-6H3,(H,20,22)(H,21,24). The summed E-state index contributed by atoms with van der Waals surface area (Å²) in [6.45, 7) is 12.2. The van der Waals surface area contributed by atoms with Gasteiger partial charge < -0.3 is 20.1 Å². The molecule has 0 aliphatic carbocycles. The fourth-order valence-corrected chi connectivity index (χ4v) is 2.14. The van der Waals surface area contributed by atoms with Gasteiger partial charge in [-0.2, -0.15) is 0 Å². The minimum absolute atomic E-state index is 0.158. The summed E-state index contributed by atoms with van der Waals surface area (Å²) in [6, 6.07) is -1.45. The maximum Gasteiger partial charge on any atom is 0.407 e. The van der Waals surface area contributed by atoms with Gasteiger partial charge in [0.05, 0.1) is 13.2 Å². The Labute approximate surface area is 157 Å². The second kappa shape index (κ2) is 12.5. The Morgan fingerprint density at radius 3 is 1.92 bits per heavy atom. The van der Waals surface area contributed by atoms with Crippen LogP contribution >= 0.6 is 0 Å². The van der Waals surface area contributed by atoms with Gasteiger partial charge in [0.1, 0.15) is 12.1 Å². The lowest BCUT2D eigenvalue weighted by atomic mass is 9.99. The molecule has 0 aliphatic heterocycles. The summed E-state index contributed by atoms with van der Waals surface area (Å²) >= 11 is 0. The molecule has 26 heavy (non-hydrogen) atoms. The predicted octanol–water partition coefficient (Wildman–Crippen LogP) is 3.17. The van der Waals surface area contributed by atoms with Crippen LogP contribution in [0.15, 0.2) is 0 Å². The molecule has 2 amide bonds. The van der Waals surface area contributed by atoms with Gasteiger partial charge >= 0.3 is 12.1 Å². The molecule has 152 valence electrons. The number of carbonyl (C=O) groups is 3. The summed E-state index contributed by atoms with van der Waals surface area (Å²) in [5, 5.41) is 5.30. The zero-order valence-electron chi connectivity index (χ0n) is 17.1. The topological polar surface area (TPSA) is 93.7 Å². The Kier molecular flexibility index (Phi) is 11.7. The second-order valence-corrected chi connectivity index (χ2v) is 7.64. The van der Waals surface area contributed by atoms with Crippen molar-refractivity contribution >= 4 is 18.0 Å². The largest absolute Gasteiger partial charge is 0.464 e. The average Bonchev–Trinajstić information content (AvgIpc) is 2.56. The van der Waals surface area contributed by atoms with Crippen molar-refractivity contribution in [3.05, 3.63) is 0 Å².